The molecule has 3 aromatic rings. The number of carbonyl (C=O) groups is 2. The number of likely N-dealkylation sites (tertiary alicyclic amines) is 1. The highest BCUT2D eigenvalue weighted by atomic mass is 32.1. The van der Waals surface area contributed by atoms with Crippen molar-refractivity contribution in [2.24, 2.45) is 0 Å². The van der Waals surface area contributed by atoms with Gasteiger partial charge < -0.3 is 15.5 Å². The number of aromatic nitrogens is 2. The molecular weight excluding hydrogens is 429 g/mol. The van der Waals surface area contributed by atoms with Gasteiger partial charge in [-0.2, -0.15) is 0 Å². The fraction of sp³-hybridized carbons (Fsp3) is 0.304. The minimum atomic E-state index is -0.388. The molecule has 1 atom stereocenters. The van der Waals surface area contributed by atoms with Gasteiger partial charge in [0.15, 0.2) is 0 Å². The second-order valence-corrected chi connectivity index (χ2v) is 8.88. The van der Waals surface area contributed by atoms with Crippen LogP contribution in [0.15, 0.2) is 42.5 Å². The molecule has 1 aliphatic rings. The molecule has 0 aliphatic carbocycles. The van der Waals surface area contributed by atoms with Crippen LogP contribution in [0.2, 0.25) is 0 Å². The van der Waals surface area contributed by atoms with E-state index in [0.29, 0.717) is 18.8 Å². The van der Waals surface area contributed by atoms with Gasteiger partial charge in [0.05, 0.1) is 0 Å². The number of amides is 3. The van der Waals surface area contributed by atoms with Crippen molar-refractivity contribution in [1.29, 1.82) is 0 Å². The van der Waals surface area contributed by atoms with Gasteiger partial charge >= 0.3 is 6.03 Å². The monoisotopic (exact) mass is 453 g/mol. The molecule has 1 saturated heterocycles. The third kappa shape index (κ3) is 4.94. The molecule has 32 heavy (non-hydrogen) atoms. The van der Waals surface area contributed by atoms with Crippen molar-refractivity contribution in [2.75, 3.05) is 23.7 Å². The van der Waals surface area contributed by atoms with Gasteiger partial charge in [-0.3, -0.25) is 4.79 Å². The number of rotatable bonds is 4. The standard InChI is InChI=1S/C23H24FN5O2S/c1-14-5-3-7-19(15(14)2)26-23(31)29-12-4-6-16(13-29)21-27-28-22(32-21)20(30)25-18-10-8-17(24)9-11-18/h3,5,7-11,16H,4,6,12-13H2,1-2H3,(H,25,30)(H,26,31)/t16-/m1/s1. The minimum Gasteiger partial charge on any atom is -0.324 e. The lowest BCUT2D eigenvalue weighted by atomic mass is 9.99. The molecular formula is C23H24FN5O2S. The van der Waals surface area contributed by atoms with E-state index in [1.54, 1.807) is 4.90 Å². The van der Waals surface area contributed by atoms with E-state index >= 15 is 0 Å². The molecule has 0 spiro atoms. The lowest BCUT2D eigenvalue weighted by Crippen LogP contribution is -2.41. The SMILES string of the molecule is Cc1cccc(NC(=O)N2CCC[C@@H](c3nnc(C(=O)Nc4ccc(F)cc4)s3)C2)c1C. The lowest BCUT2D eigenvalue weighted by Gasteiger charge is -2.31. The number of hydrogen-bond acceptors (Lipinski definition) is 5. The Hall–Kier alpha value is -3.33. The highest BCUT2D eigenvalue weighted by Crippen LogP contribution is 2.30. The summed E-state index contributed by atoms with van der Waals surface area (Å²) in [4.78, 5) is 27.1. The fourth-order valence-electron chi connectivity index (χ4n) is 3.65. The number of piperidine rings is 1. The van der Waals surface area contributed by atoms with Crippen LogP contribution in [0, 0.1) is 19.7 Å². The first kappa shape index (κ1) is 21.9. The van der Waals surface area contributed by atoms with E-state index in [1.807, 2.05) is 32.0 Å². The molecule has 1 aliphatic heterocycles. The summed E-state index contributed by atoms with van der Waals surface area (Å²) in [6.45, 7) is 5.19. The summed E-state index contributed by atoms with van der Waals surface area (Å²) in [5.74, 6) is -0.733. The van der Waals surface area contributed by atoms with Crippen molar-refractivity contribution >= 4 is 34.6 Å². The number of urea groups is 1. The van der Waals surface area contributed by atoms with Crippen molar-refractivity contribution < 1.29 is 14.0 Å². The molecule has 2 N–H and O–H groups in total. The van der Waals surface area contributed by atoms with Crippen LogP contribution < -0.4 is 10.6 Å². The van der Waals surface area contributed by atoms with E-state index in [2.05, 4.69) is 20.8 Å². The largest absolute Gasteiger partial charge is 0.324 e. The summed E-state index contributed by atoms with van der Waals surface area (Å²) in [5, 5.41) is 14.9. The summed E-state index contributed by atoms with van der Waals surface area (Å²) in [6.07, 6.45) is 1.73. The van der Waals surface area contributed by atoms with Gasteiger partial charge in [-0.25, -0.2) is 9.18 Å². The predicted molar refractivity (Wildman–Crippen MR) is 123 cm³/mol. The smallest absolute Gasteiger partial charge is 0.321 e. The van der Waals surface area contributed by atoms with Crippen molar-refractivity contribution in [3.63, 3.8) is 0 Å². The summed E-state index contributed by atoms with van der Waals surface area (Å²) in [6, 6.07) is 11.2. The van der Waals surface area contributed by atoms with Crippen LogP contribution in [0.25, 0.3) is 0 Å². The van der Waals surface area contributed by atoms with E-state index < -0.39 is 0 Å². The Balaban J connectivity index is 1.39. The maximum absolute atomic E-state index is 13.0. The Morgan fingerprint density at radius 2 is 1.88 bits per heavy atom. The molecule has 0 saturated carbocycles. The Labute approximate surface area is 189 Å². The molecule has 0 radical (unpaired) electrons. The molecule has 0 unspecified atom stereocenters. The zero-order chi connectivity index (χ0) is 22.7. The molecule has 2 aromatic carbocycles. The minimum absolute atomic E-state index is 0.0259. The maximum Gasteiger partial charge on any atom is 0.321 e. The van der Waals surface area contributed by atoms with Crippen LogP contribution in [0.5, 0.6) is 0 Å². The quantitative estimate of drug-likeness (QED) is 0.585. The topological polar surface area (TPSA) is 87.2 Å². The van der Waals surface area contributed by atoms with Crippen LogP contribution in [-0.2, 0) is 0 Å². The van der Waals surface area contributed by atoms with E-state index in [0.717, 1.165) is 34.7 Å². The predicted octanol–water partition coefficient (Wildman–Crippen LogP) is 4.96. The molecule has 3 amide bonds. The highest BCUT2D eigenvalue weighted by molar-refractivity contribution is 7.13. The van der Waals surface area contributed by atoms with E-state index in [9.17, 15) is 14.0 Å². The average Bonchev–Trinajstić information content (AvgIpc) is 3.29. The third-order valence-corrected chi connectivity index (χ3v) is 6.73. The summed E-state index contributed by atoms with van der Waals surface area (Å²) >= 11 is 1.23. The molecule has 2 heterocycles. The first-order valence-corrected chi connectivity index (χ1v) is 11.2. The van der Waals surface area contributed by atoms with Gasteiger partial charge in [0.2, 0.25) is 5.01 Å². The Kier molecular flexibility index (Phi) is 6.45. The number of aryl methyl sites for hydroxylation is 1. The molecule has 7 nitrogen and oxygen atoms in total. The number of halogens is 1. The van der Waals surface area contributed by atoms with Crippen molar-refractivity contribution in [3.05, 3.63) is 69.4 Å². The van der Waals surface area contributed by atoms with Gasteiger partial charge in [-0.05, 0) is 68.1 Å². The first-order chi connectivity index (χ1) is 15.4. The molecule has 4 rings (SSSR count). The average molecular weight is 454 g/mol. The first-order valence-electron chi connectivity index (χ1n) is 10.4. The molecule has 9 heteroatoms. The number of nitrogens with one attached hydrogen (secondary N) is 2. The molecule has 1 aromatic heterocycles. The molecule has 0 bridgehead atoms. The van der Waals surface area contributed by atoms with Crippen LogP contribution >= 0.6 is 11.3 Å². The number of hydrogen-bond donors (Lipinski definition) is 2. The van der Waals surface area contributed by atoms with E-state index in [-0.39, 0.29) is 28.7 Å². The fourth-order valence-corrected chi connectivity index (χ4v) is 4.52. The van der Waals surface area contributed by atoms with Crippen LogP contribution in [0.3, 0.4) is 0 Å². The van der Waals surface area contributed by atoms with Gasteiger partial charge in [0.25, 0.3) is 5.91 Å². The van der Waals surface area contributed by atoms with Crippen LogP contribution in [0.4, 0.5) is 20.6 Å². The third-order valence-electron chi connectivity index (χ3n) is 5.64. The van der Waals surface area contributed by atoms with E-state index in [4.69, 9.17) is 0 Å². The number of anilines is 2. The van der Waals surface area contributed by atoms with Gasteiger partial charge in [0.1, 0.15) is 10.8 Å². The summed E-state index contributed by atoms with van der Waals surface area (Å²) in [5.41, 5.74) is 3.47. The van der Waals surface area contributed by atoms with Crippen LogP contribution in [-0.4, -0.2) is 40.1 Å². The van der Waals surface area contributed by atoms with E-state index in [1.165, 1.54) is 35.6 Å². The zero-order valence-electron chi connectivity index (χ0n) is 17.9. The van der Waals surface area contributed by atoms with Crippen LogP contribution in [0.1, 0.15) is 44.7 Å². The highest BCUT2D eigenvalue weighted by Gasteiger charge is 2.28. The normalized spacial score (nSPS) is 16.0. The Bertz CT molecular complexity index is 1130. The van der Waals surface area contributed by atoms with Gasteiger partial charge in [-0.15, -0.1) is 10.2 Å². The molecule has 166 valence electrons. The lowest BCUT2D eigenvalue weighted by molar-refractivity contribution is 0.102. The number of nitrogens with zero attached hydrogens (tertiary/aromatic N) is 3. The Morgan fingerprint density at radius 1 is 1.09 bits per heavy atom. The number of carbonyl (C=O) groups excluding carboxylic acids is 2. The van der Waals surface area contributed by atoms with Crippen molar-refractivity contribution in [3.8, 4) is 0 Å². The maximum atomic E-state index is 13.0. The van der Waals surface area contributed by atoms with Crippen molar-refractivity contribution in [2.45, 2.75) is 32.6 Å². The summed E-state index contributed by atoms with van der Waals surface area (Å²) in [7, 11) is 0. The van der Waals surface area contributed by atoms with Crippen molar-refractivity contribution in [1.82, 2.24) is 15.1 Å². The number of benzene rings is 2. The second kappa shape index (κ2) is 9.44. The zero-order valence-corrected chi connectivity index (χ0v) is 18.7. The second-order valence-electron chi connectivity index (χ2n) is 7.87. The van der Waals surface area contributed by atoms with Gasteiger partial charge in [-0.1, -0.05) is 23.5 Å². The molecule has 1 fully saturated rings. The summed E-state index contributed by atoms with van der Waals surface area (Å²) < 4.78 is 13.0. The Morgan fingerprint density at radius 3 is 2.66 bits per heavy atom. The van der Waals surface area contributed by atoms with Gasteiger partial charge in [0, 0.05) is 30.4 Å².